The van der Waals surface area contributed by atoms with E-state index in [2.05, 4.69) is 4.98 Å². The summed E-state index contributed by atoms with van der Waals surface area (Å²) >= 11 is 6.15. The molecule has 0 aliphatic carbocycles. The van der Waals surface area contributed by atoms with Gasteiger partial charge in [0.15, 0.2) is 0 Å². The SMILES string of the molecule is NCc1cc(OCc2ccccc2Cl)c2ccccc2n1. The lowest BCUT2D eigenvalue weighted by molar-refractivity contribution is 0.309. The van der Waals surface area contributed by atoms with E-state index in [1.807, 2.05) is 54.6 Å². The molecule has 0 atom stereocenters. The van der Waals surface area contributed by atoms with Gasteiger partial charge in [-0.1, -0.05) is 41.9 Å². The van der Waals surface area contributed by atoms with E-state index in [0.29, 0.717) is 18.2 Å². The number of ether oxygens (including phenoxy) is 1. The summed E-state index contributed by atoms with van der Waals surface area (Å²) in [5, 5.41) is 1.68. The van der Waals surface area contributed by atoms with Crippen LogP contribution in [-0.2, 0) is 13.2 Å². The number of rotatable bonds is 4. The molecular weight excluding hydrogens is 284 g/mol. The van der Waals surface area contributed by atoms with E-state index < -0.39 is 0 Å². The van der Waals surface area contributed by atoms with E-state index in [4.69, 9.17) is 22.1 Å². The molecule has 1 aromatic heterocycles. The van der Waals surface area contributed by atoms with Crippen LogP contribution in [-0.4, -0.2) is 4.98 Å². The van der Waals surface area contributed by atoms with Crippen LogP contribution in [0.5, 0.6) is 5.75 Å². The van der Waals surface area contributed by atoms with E-state index in [9.17, 15) is 0 Å². The van der Waals surface area contributed by atoms with Crippen molar-refractivity contribution < 1.29 is 4.74 Å². The first kappa shape index (κ1) is 13.9. The Balaban J connectivity index is 1.94. The van der Waals surface area contributed by atoms with Crippen molar-refractivity contribution in [2.24, 2.45) is 5.73 Å². The lowest BCUT2D eigenvalue weighted by Crippen LogP contribution is -2.02. The topological polar surface area (TPSA) is 48.1 Å². The van der Waals surface area contributed by atoms with Gasteiger partial charge in [0.1, 0.15) is 12.4 Å². The number of pyridine rings is 1. The molecule has 0 amide bonds. The smallest absolute Gasteiger partial charge is 0.131 e. The molecule has 21 heavy (non-hydrogen) atoms. The highest BCUT2D eigenvalue weighted by molar-refractivity contribution is 6.31. The Morgan fingerprint density at radius 1 is 1.05 bits per heavy atom. The van der Waals surface area contributed by atoms with Gasteiger partial charge < -0.3 is 10.5 Å². The zero-order chi connectivity index (χ0) is 14.7. The molecule has 0 aliphatic heterocycles. The number of nitrogens with zero attached hydrogens (tertiary/aromatic N) is 1. The lowest BCUT2D eigenvalue weighted by Gasteiger charge is -2.11. The molecule has 3 rings (SSSR count). The van der Waals surface area contributed by atoms with Gasteiger partial charge in [-0.05, 0) is 18.2 Å². The van der Waals surface area contributed by atoms with E-state index in [-0.39, 0.29) is 0 Å². The maximum atomic E-state index is 6.15. The molecule has 0 fully saturated rings. The Bertz CT molecular complexity index is 774. The van der Waals surface area contributed by atoms with E-state index in [1.54, 1.807) is 0 Å². The number of hydrogen-bond donors (Lipinski definition) is 1. The third-order valence-electron chi connectivity index (χ3n) is 3.28. The Morgan fingerprint density at radius 3 is 2.62 bits per heavy atom. The van der Waals surface area contributed by atoms with Crippen molar-refractivity contribution in [3.8, 4) is 5.75 Å². The van der Waals surface area contributed by atoms with Gasteiger partial charge in [0.25, 0.3) is 0 Å². The number of nitrogens with two attached hydrogens (primary N) is 1. The van der Waals surface area contributed by atoms with Crippen molar-refractivity contribution >= 4 is 22.5 Å². The summed E-state index contributed by atoms with van der Waals surface area (Å²) in [6.07, 6.45) is 0. The summed E-state index contributed by atoms with van der Waals surface area (Å²) in [5.41, 5.74) is 8.35. The standard InChI is InChI=1S/C17H15ClN2O/c18-15-7-3-1-5-12(15)11-21-17-9-13(10-19)20-16-8-4-2-6-14(16)17/h1-9H,10-11,19H2. The van der Waals surface area contributed by atoms with Crippen molar-refractivity contribution in [3.63, 3.8) is 0 Å². The maximum Gasteiger partial charge on any atom is 0.131 e. The highest BCUT2D eigenvalue weighted by Crippen LogP contribution is 2.27. The van der Waals surface area contributed by atoms with Gasteiger partial charge in [0.05, 0.1) is 11.2 Å². The molecule has 0 saturated carbocycles. The van der Waals surface area contributed by atoms with Gasteiger partial charge in [-0.15, -0.1) is 0 Å². The molecule has 1 heterocycles. The van der Waals surface area contributed by atoms with Crippen LogP contribution in [0.15, 0.2) is 54.6 Å². The Kier molecular flexibility index (Phi) is 4.04. The minimum absolute atomic E-state index is 0.382. The Morgan fingerprint density at radius 2 is 1.81 bits per heavy atom. The second-order valence-corrected chi connectivity index (χ2v) is 5.12. The van der Waals surface area contributed by atoms with Crippen LogP contribution in [0.25, 0.3) is 10.9 Å². The maximum absolute atomic E-state index is 6.15. The molecule has 0 saturated heterocycles. The van der Waals surface area contributed by atoms with Crippen LogP contribution in [0.1, 0.15) is 11.3 Å². The van der Waals surface area contributed by atoms with Crippen LogP contribution >= 0.6 is 11.6 Å². The number of para-hydroxylation sites is 1. The summed E-state index contributed by atoms with van der Waals surface area (Å²) < 4.78 is 5.95. The first-order valence-corrected chi connectivity index (χ1v) is 7.10. The van der Waals surface area contributed by atoms with Crippen LogP contribution < -0.4 is 10.5 Å². The van der Waals surface area contributed by atoms with Gasteiger partial charge >= 0.3 is 0 Å². The van der Waals surface area contributed by atoms with Crippen molar-refractivity contribution in [2.75, 3.05) is 0 Å². The third-order valence-corrected chi connectivity index (χ3v) is 3.65. The average molecular weight is 299 g/mol. The number of hydrogen-bond acceptors (Lipinski definition) is 3. The molecule has 3 aromatic rings. The van der Waals surface area contributed by atoms with Gasteiger partial charge in [-0.2, -0.15) is 0 Å². The first-order chi connectivity index (χ1) is 10.3. The molecule has 4 heteroatoms. The van der Waals surface area contributed by atoms with Crippen LogP contribution in [0.3, 0.4) is 0 Å². The zero-order valence-corrected chi connectivity index (χ0v) is 12.2. The van der Waals surface area contributed by atoms with Crippen molar-refractivity contribution in [1.29, 1.82) is 0 Å². The van der Waals surface area contributed by atoms with Gasteiger partial charge in [0, 0.05) is 28.6 Å². The second kappa shape index (κ2) is 6.12. The molecule has 0 unspecified atom stereocenters. The molecule has 3 nitrogen and oxygen atoms in total. The quantitative estimate of drug-likeness (QED) is 0.794. The lowest BCUT2D eigenvalue weighted by atomic mass is 10.1. The fraction of sp³-hybridized carbons (Fsp3) is 0.118. The monoisotopic (exact) mass is 298 g/mol. The van der Waals surface area contributed by atoms with E-state index in [0.717, 1.165) is 27.9 Å². The fourth-order valence-electron chi connectivity index (χ4n) is 2.19. The van der Waals surface area contributed by atoms with E-state index >= 15 is 0 Å². The number of halogens is 1. The van der Waals surface area contributed by atoms with Gasteiger partial charge in [-0.25, -0.2) is 0 Å². The molecule has 0 radical (unpaired) electrons. The molecule has 2 aromatic carbocycles. The number of aromatic nitrogens is 1. The summed E-state index contributed by atoms with van der Waals surface area (Å²) in [6.45, 7) is 0.797. The van der Waals surface area contributed by atoms with Crippen LogP contribution in [0.4, 0.5) is 0 Å². The minimum Gasteiger partial charge on any atom is -0.488 e. The van der Waals surface area contributed by atoms with Crippen LogP contribution in [0.2, 0.25) is 5.02 Å². The molecule has 0 bridgehead atoms. The summed E-state index contributed by atoms with van der Waals surface area (Å²) in [7, 11) is 0. The third kappa shape index (κ3) is 2.99. The molecule has 2 N–H and O–H groups in total. The van der Waals surface area contributed by atoms with Crippen LogP contribution in [0, 0.1) is 0 Å². The average Bonchev–Trinajstić information content (AvgIpc) is 2.53. The predicted molar refractivity (Wildman–Crippen MR) is 85.4 cm³/mol. The van der Waals surface area contributed by atoms with Crippen molar-refractivity contribution in [3.05, 3.63) is 70.9 Å². The zero-order valence-electron chi connectivity index (χ0n) is 11.4. The van der Waals surface area contributed by atoms with Gasteiger partial charge in [-0.3, -0.25) is 4.98 Å². The highest BCUT2D eigenvalue weighted by Gasteiger charge is 2.07. The second-order valence-electron chi connectivity index (χ2n) is 4.71. The van der Waals surface area contributed by atoms with Crippen molar-refractivity contribution in [2.45, 2.75) is 13.2 Å². The predicted octanol–water partition coefficient (Wildman–Crippen LogP) is 3.93. The van der Waals surface area contributed by atoms with Crippen molar-refractivity contribution in [1.82, 2.24) is 4.98 Å². The highest BCUT2D eigenvalue weighted by atomic mass is 35.5. The summed E-state index contributed by atoms with van der Waals surface area (Å²) in [6, 6.07) is 17.4. The normalized spacial score (nSPS) is 10.8. The number of benzene rings is 2. The summed E-state index contributed by atoms with van der Waals surface area (Å²) in [5.74, 6) is 0.779. The van der Waals surface area contributed by atoms with E-state index in [1.165, 1.54) is 0 Å². The van der Waals surface area contributed by atoms with Gasteiger partial charge in [0.2, 0.25) is 0 Å². The minimum atomic E-state index is 0.382. The molecule has 0 aliphatic rings. The molecule has 0 spiro atoms. The largest absolute Gasteiger partial charge is 0.488 e. The summed E-state index contributed by atoms with van der Waals surface area (Å²) in [4.78, 5) is 4.50. The fourth-order valence-corrected chi connectivity index (χ4v) is 2.38. The Hall–Kier alpha value is -2.10. The molecule has 106 valence electrons. The Labute approximate surface area is 128 Å². The molecular formula is C17H15ClN2O. The first-order valence-electron chi connectivity index (χ1n) is 6.73. The number of fused-ring (bicyclic) bond motifs is 1.